The minimum Gasteiger partial charge on any atom is -0.455 e. The molecule has 4 nitrogen and oxygen atoms in total. The number of fused-ring (bicyclic) bond motifs is 4. The molecule has 0 fully saturated rings. The van der Waals surface area contributed by atoms with E-state index in [1.165, 1.54) is 16.3 Å². The predicted molar refractivity (Wildman–Crippen MR) is 243 cm³/mol. The summed E-state index contributed by atoms with van der Waals surface area (Å²) in [5.41, 5.74) is 13.7. The number of hydrogen-bond acceptors (Lipinski definition) is 4. The molecular formula is C55H35N3O. The van der Waals surface area contributed by atoms with E-state index in [4.69, 9.17) is 19.4 Å². The molecule has 0 aliphatic heterocycles. The van der Waals surface area contributed by atoms with E-state index in [2.05, 4.69) is 158 Å². The van der Waals surface area contributed by atoms with Crippen molar-refractivity contribution in [2.24, 2.45) is 0 Å². The van der Waals surface area contributed by atoms with Gasteiger partial charge in [-0.05, 0) is 55.8 Å². The van der Waals surface area contributed by atoms with Crippen LogP contribution < -0.4 is 0 Å². The average Bonchev–Trinajstić information content (AvgIpc) is 3.71. The number of para-hydroxylation sites is 2. The molecule has 0 unspecified atom stereocenters. The monoisotopic (exact) mass is 753 g/mol. The molecule has 0 atom stereocenters. The van der Waals surface area contributed by atoms with Gasteiger partial charge in [0.2, 0.25) is 0 Å². The minimum atomic E-state index is 0.630. The van der Waals surface area contributed by atoms with Crippen LogP contribution >= 0.6 is 0 Å². The summed E-state index contributed by atoms with van der Waals surface area (Å²) in [5.74, 6) is 1.91. The molecule has 0 aliphatic carbocycles. The zero-order valence-electron chi connectivity index (χ0n) is 32.0. The summed E-state index contributed by atoms with van der Waals surface area (Å²) in [4.78, 5) is 15.1. The highest BCUT2D eigenvalue weighted by Crippen LogP contribution is 2.41. The molecule has 0 radical (unpaired) electrons. The SMILES string of the molecule is c1ccc(-c2nc(-c3ccc(-c4ccc(-c5ccc(-c6cccc7c6oc6ccccc67)c6ccccc56)cc4)cc3)nc(-c3ccccc3-c3ccccc3)n2)cc1. The number of rotatable bonds is 7. The molecule has 0 N–H and O–H groups in total. The Kier molecular flexibility index (Phi) is 8.45. The van der Waals surface area contributed by atoms with E-state index in [1.54, 1.807) is 0 Å². The lowest BCUT2D eigenvalue weighted by Crippen LogP contribution is -2.01. The van der Waals surface area contributed by atoms with Crippen molar-refractivity contribution in [1.29, 1.82) is 0 Å². The fourth-order valence-corrected chi connectivity index (χ4v) is 8.29. The van der Waals surface area contributed by atoms with Gasteiger partial charge in [0, 0.05) is 33.0 Å². The van der Waals surface area contributed by atoms with E-state index in [9.17, 15) is 0 Å². The maximum atomic E-state index is 6.45. The Morgan fingerprint density at radius 2 is 0.678 bits per heavy atom. The molecule has 0 spiro atoms. The zero-order chi connectivity index (χ0) is 39.1. The van der Waals surface area contributed by atoms with Crippen molar-refractivity contribution in [3.63, 3.8) is 0 Å². The molecule has 0 amide bonds. The maximum absolute atomic E-state index is 6.45. The van der Waals surface area contributed by atoms with Crippen LogP contribution in [0.1, 0.15) is 0 Å². The Balaban J connectivity index is 0.927. The molecule has 11 rings (SSSR count). The molecule has 2 aromatic heterocycles. The summed E-state index contributed by atoms with van der Waals surface area (Å²) in [5, 5.41) is 4.67. The Bertz CT molecular complexity index is 3300. The molecule has 0 saturated heterocycles. The number of nitrogens with zero attached hydrogens (tertiary/aromatic N) is 3. The largest absolute Gasteiger partial charge is 0.455 e. The number of aromatic nitrogens is 3. The normalized spacial score (nSPS) is 11.4. The molecule has 276 valence electrons. The third kappa shape index (κ3) is 6.24. The molecular weight excluding hydrogens is 719 g/mol. The number of benzene rings is 9. The highest BCUT2D eigenvalue weighted by atomic mass is 16.3. The highest BCUT2D eigenvalue weighted by molar-refractivity contribution is 6.13. The maximum Gasteiger partial charge on any atom is 0.164 e. The van der Waals surface area contributed by atoms with E-state index < -0.39 is 0 Å². The summed E-state index contributed by atoms with van der Waals surface area (Å²) in [6.07, 6.45) is 0. The van der Waals surface area contributed by atoms with Gasteiger partial charge in [-0.3, -0.25) is 0 Å². The molecule has 59 heavy (non-hydrogen) atoms. The third-order valence-corrected chi connectivity index (χ3v) is 11.2. The van der Waals surface area contributed by atoms with Crippen LogP contribution in [0, 0.1) is 0 Å². The lowest BCUT2D eigenvalue weighted by atomic mass is 9.91. The Hall–Kier alpha value is -7.95. The van der Waals surface area contributed by atoms with Crippen LogP contribution in [0.25, 0.3) is 111 Å². The van der Waals surface area contributed by atoms with Crippen molar-refractivity contribution in [2.45, 2.75) is 0 Å². The summed E-state index contributed by atoms with van der Waals surface area (Å²) >= 11 is 0. The Morgan fingerprint density at radius 1 is 0.237 bits per heavy atom. The molecule has 4 heteroatoms. The smallest absolute Gasteiger partial charge is 0.164 e. The first-order valence-electron chi connectivity index (χ1n) is 19.9. The van der Waals surface area contributed by atoms with Gasteiger partial charge < -0.3 is 4.42 Å². The first kappa shape index (κ1) is 34.3. The van der Waals surface area contributed by atoms with E-state index in [1.807, 2.05) is 54.6 Å². The van der Waals surface area contributed by atoms with Gasteiger partial charge in [-0.25, -0.2) is 15.0 Å². The van der Waals surface area contributed by atoms with Crippen LogP contribution in [0.15, 0.2) is 217 Å². The standard InChI is InChI=1S/C55H35N3O/c1-3-14-38(15-4-1)42-18-7-10-22-50(42)55-57-53(40-16-5-2-6-17-40)56-54(58-55)41-32-28-37(29-33-41)36-26-30-39(31-27-36)43-34-35-46(45-20-9-8-19-44(43)45)48-23-13-24-49-47-21-11-12-25-51(47)59-52(48)49/h1-35H. The Morgan fingerprint density at radius 3 is 1.37 bits per heavy atom. The second-order valence-electron chi connectivity index (χ2n) is 14.7. The van der Waals surface area contributed by atoms with Gasteiger partial charge in [-0.2, -0.15) is 0 Å². The fourth-order valence-electron chi connectivity index (χ4n) is 8.29. The van der Waals surface area contributed by atoms with Crippen LogP contribution in [-0.4, -0.2) is 15.0 Å². The van der Waals surface area contributed by atoms with Crippen molar-refractivity contribution in [1.82, 2.24) is 15.0 Å². The average molecular weight is 754 g/mol. The van der Waals surface area contributed by atoms with E-state index >= 15 is 0 Å². The van der Waals surface area contributed by atoms with Gasteiger partial charge in [0.05, 0.1) is 0 Å². The van der Waals surface area contributed by atoms with Crippen molar-refractivity contribution in [3.05, 3.63) is 212 Å². The van der Waals surface area contributed by atoms with E-state index in [-0.39, 0.29) is 0 Å². The van der Waals surface area contributed by atoms with Crippen LogP contribution in [-0.2, 0) is 0 Å². The van der Waals surface area contributed by atoms with Gasteiger partial charge >= 0.3 is 0 Å². The summed E-state index contributed by atoms with van der Waals surface area (Å²) in [6.45, 7) is 0. The molecule has 0 aliphatic rings. The highest BCUT2D eigenvalue weighted by Gasteiger charge is 2.18. The summed E-state index contributed by atoms with van der Waals surface area (Å²) in [7, 11) is 0. The van der Waals surface area contributed by atoms with Crippen molar-refractivity contribution >= 4 is 32.7 Å². The summed E-state index contributed by atoms with van der Waals surface area (Å²) < 4.78 is 6.45. The van der Waals surface area contributed by atoms with Crippen molar-refractivity contribution in [2.75, 3.05) is 0 Å². The molecule has 11 aromatic rings. The minimum absolute atomic E-state index is 0.630. The fraction of sp³-hybridized carbons (Fsp3) is 0. The topological polar surface area (TPSA) is 51.8 Å². The summed E-state index contributed by atoms with van der Waals surface area (Å²) in [6, 6.07) is 74.0. The van der Waals surface area contributed by atoms with Crippen molar-refractivity contribution < 1.29 is 4.42 Å². The van der Waals surface area contributed by atoms with Gasteiger partial charge in [-0.1, -0.05) is 206 Å². The second-order valence-corrected chi connectivity index (χ2v) is 14.7. The van der Waals surface area contributed by atoms with E-state index in [0.29, 0.717) is 17.5 Å². The lowest BCUT2D eigenvalue weighted by molar-refractivity contribution is 0.670. The predicted octanol–water partition coefficient (Wildman–Crippen LogP) is 14.6. The second kappa shape index (κ2) is 14.5. The van der Waals surface area contributed by atoms with Gasteiger partial charge in [0.25, 0.3) is 0 Å². The molecule has 2 heterocycles. The number of hydrogen-bond donors (Lipinski definition) is 0. The van der Waals surface area contributed by atoms with E-state index in [0.717, 1.165) is 77.6 Å². The third-order valence-electron chi connectivity index (χ3n) is 11.2. The van der Waals surface area contributed by atoms with Crippen molar-refractivity contribution in [3.8, 4) is 78.7 Å². The van der Waals surface area contributed by atoms with Gasteiger partial charge in [0.1, 0.15) is 11.2 Å². The number of furan rings is 1. The van der Waals surface area contributed by atoms with Gasteiger partial charge in [-0.15, -0.1) is 0 Å². The van der Waals surface area contributed by atoms with Crippen LogP contribution in [0.3, 0.4) is 0 Å². The lowest BCUT2D eigenvalue weighted by Gasteiger charge is -2.13. The first-order chi connectivity index (χ1) is 29.2. The molecule has 9 aromatic carbocycles. The van der Waals surface area contributed by atoms with Gasteiger partial charge in [0.15, 0.2) is 17.5 Å². The Labute approximate surface area is 341 Å². The van der Waals surface area contributed by atoms with Crippen LogP contribution in [0.5, 0.6) is 0 Å². The van der Waals surface area contributed by atoms with Crippen LogP contribution in [0.4, 0.5) is 0 Å². The zero-order valence-corrected chi connectivity index (χ0v) is 32.0. The molecule has 0 saturated carbocycles. The van der Waals surface area contributed by atoms with Crippen LogP contribution in [0.2, 0.25) is 0 Å². The first-order valence-corrected chi connectivity index (χ1v) is 19.9. The molecule has 0 bridgehead atoms. The quantitative estimate of drug-likeness (QED) is 0.163.